The SMILES string of the molecule is Nc1ccc(SCc2cc(=O)n3ccccc3n2)c(F)c1. The summed E-state index contributed by atoms with van der Waals surface area (Å²) in [6.45, 7) is 0. The Morgan fingerprint density at radius 1 is 1.24 bits per heavy atom. The van der Waals surface area contributed by atoms with Crippen LogP contribution in [0.5, 0.6) is 0 Å². The zero-order chi connectivity index (χ0) is 14.8. The molecule has 3 aromatic rings. The molecule has 0 bridgehead atoms. The van der Waals surface area contributed by atoms with Gasteiger partial charge in [0.15, 0.2) is 0 Å². The Bertz CT molecular complexity index is 863. The van der Waals surface area contributed by atoms with Crippen molar-refractivity contribution < 1.29 is 4.39 Å². The number of pyridine rings is 1. The fourth-order valence-electron chi connectivity index (χ4n) is 1.96. The van der Waals surface area contributed by atoms with Crippen LogP contribution in [0.4, 0.5) is 10.1 Å². The monoisotopic (exact) mass is 301 g/mol. The van der Waals surface area contributed by atoms with Gasteiger partial charge in [0.05, 0.1) is 5.69 Å². The third kappa shape index (κ3) is 2.90. The highest BCUT2D eigenvalue weighted by Crippen LogP contribution is 2.26. The van der Waals surface area contributed by atoms with E-state index < -0.39 is 0 Å². The largest absolute Gasteiger partial charge is 0.399 e. The fourth-order valence-corrected chi connectivity index (χ4v) is 2.78. The lowest BCUT2D eigenvalue weighted by molar-refractivity contribution is 0.602. The van der Waals surface area contributed by atoms with Gasteiger partial charge in [-0.15, -0.1) is 11.8 Å². The van der Waals surface area contributed by atoms with Crippen molar-refractivity contribution in [3.05, 3.63) is 70.5 Å². The molecule has 2 heterocycles. The van der Waals surface area contributed by atoms with Crippen LogP contribution in [0.25, 0.3) is 5.65 Å². The van der Waals surface area contributed by atoms with E-state index in [9.17, 15) is 9.18 Å². The molecule has 4 nitrogen and oxygen atoms in total. The summed E-state index contributed by atoms with van der Waals surface area (Å²) in [4.78, 5) is 16.8. The first-order chi connectivity index (χ1) is 10.1. The Labute approximate surface area is 124 Å². The molecule has 0 saturated heterocycles. The second-order valence-electron chi connectivity index (χ2n) is 4.49. The molecule has 0 amide bonds. The number of thioether (sulfide) groups is 1. The number of anilines is 1. The molecule has 2 N–H and O–H groups in total. The van der Waals surface area contributed by atoms with Gasteiger partial charge in [-0.1, -0.05) is 6.07 Å². The molecule has 0 aliphatic rings. The predicted molar refractivity (Wildman–Crippen MR) is 81.8 cm³/mol. The maximum Gasteiger partial charge on any atom is 0.258 e. The lowest BCUT2D eigenvalue weighted by atomic mass is 10.3. The highest BCUT2D eigenvalue weighted by molar-refractivity contribution is 7.98. The summed E-state index contributed by atoms with van der Waals surface area (Å²) in [5.41, 5.74) is 6.95. The number of nitrogens with two attached hydrogens (primary N) is 1. The van der Waals surface area contributed by atoms with E-state index in [-0.39, 0.29) is 11.4 Å². The summed E-state index contributed by atoms with van der Waals surface area (Å²) in [7, 11) is 0. The number of nitrogen functional groups attached to an aromatic ring is 1. The zero-order valence-electron chi connectivity index (χ0n) is 11.0. The van der Waals surface area contributed by atoms with Crippen LogP contribution >= 0.6 is 11.8 Å². The van der Waals surface area contributed by atoms with E-state index >= 15 is 0 Å². The predicted octanol–water partition coefficient (Wildman–Crippen LogP) is 2.71. The van der Waals surface area contributed by atoms with E-state index in [1.165, 1.54) is 28.3 Å². The van der Waals surface area contributed by atoms with E-state index in [1.807, 2.05) is 6.07 Å². The normalized spacial score (nSPS) is 10.9. The number of benzene rings is 1. The first-order valence-electron chi connectivity index (χ1n) is 6.28. The van der Waals surface area contributed by atoms with Crippen LogP contribution < -0.4 is 11.3 Å². The van der Waals surface area contributed by atoms with Crippen LogP contribution in [0.2, 0.25) is 0 Å². The van der Waals surface area contributed by atoms with Crippen LogP contribution in [-0.4, -0.2) is 9.38 Å². The summed E-state index contributed by atoms with van der Waals surface area (Å²) in [5.74, 6) is 0.0547. The van der Waals surface area contributed by atoms with Crippen molar-refractivity contribution in [2.45, 2.75) is 10.6 Å². The minimum atomic E-state index is -0.363. The summed E-state index contributed by atoms with van der Waals surface area (Å²) in [6, 6.07) is 11.4. The van der Waals surface area contributed by atoms with Gasteiger partial charge in [-0.2, -0.15) is 0 Å². The van der Waals surface area contributed by atoms with E-state index in [0.29, 0.717) is 27.7 Å². The maximum atomic E-state index is 13.7. The number of hydrogen-bond acceptors (Lipinski definition) is 4. The number of hydrogen-bond donors (Lipinski definition) is 1. The van der Waals surface area contributed by atoms with Crippen LogP contribution in [-0.2, 0) is 5.75 Å². The van der Waals surface area contributed by atoms with Gasteiger partial charge in [0.25, 0.3) is 5.56 Å². The molecular weight excluding hydrogens is 289 g/mol. The van der Waals surface area contributed by atoms with Crippen molar-refractivity contribution in [1.29, 1.82) is 0 Å². The van der Waals surface area contributed by atoms with E-state index in [4.69, 9.17) is 5.73 Å². The van der Waals surface area contributed by atoms with E-state index in [2.05, 4.69) is 4.98 Å². The summed E-state index contributed by atoms with van der Waals surface area (Å²) >= 11 is 1.28. The molecule has 0 aliphatic heterocycles. The highest BCUT2D eigenvalue weighted by atomic mass is 32.2. The van der Waals surface area contributed by atoms with Crippen molar-refractivity contribution >= 4 is 23.1 Å². The minimum absolute atomic E-state index is 0.144. The summed E-state index contributed by atoms with van der Waals surface area (Å²) < 4.78 is 15.2. The lowest BCUT2D eigenvalue weighted by Gasteiger charge is -2.05. The number of rotatable bonds is 3. The first kappa shape index (κ1) is 13.6. The molecule has 0 atom stereocenters. The molecule has 6 heteroatoms. The van der Waals surface area contributed by atoms with E-state index in [1.54, 1.807) is 30.5 Å². The Hall–Kier alpha value is -2.34. The van der Waals surface area contributed by atoms with Crippen molar-refractivity contribution in [3.8, 4) is 0 Å². The van der Waals surface area contributed by atoms with Gasteiger partial charge >= 0.3 is 0 Å². The highest BCUT2D eigenvalue weighted by Gasteiger charge is 2.06. The average Bonchev–Trinajstić information content (AvgIpc) is 2.46. The number of halogens is 1. The van der Waals surface area contributed by atoms with Gasteiger partial charge in [0.2, 0.25) is 0 Å². The van der Waals surface area contributed by atoms with Crippen molar-refractivity contribution in [2.24, 2.45) is 0 Å². The lowest BCUT2D eigenvalue weighted by Crippen LogP contribution is -2.14. The average molecular weight is 301 g/mol. The van der Waals surface area contributed by atoms with Crippen LogP contribution in [0.3, 0.4) is 0 Å². The molecule has 3 rings (SSSR count). The van der Waals surface area contributed by atoms with Crippen LogP contribution in [0, 0.1) is 5.82 Å². The van der Waals surface area contributed by atoms with Gasteiger partial charge in [0, 0.05) is 28.6 Å². The topological polar surface area (TPSA) is 60.4 Å². The second-order valence-corrected chi connectivity index (χ2v) is 5.51. The Kier molecular flexibility index (Phi) is 3.62. The third-order valence-corrected chi connectivity index (χ3v) is 4.04. The summed E-state index contributed by atoms with van der Waals surface area (Å²) in [6.07, 6.45) is 1.67. The van der Waals surface area contributed by atoms with Crippen LogP contribution in [0.1, 0.15) is 5.69 Å². The standard InChI is InChI=1S/C15H12FN3OS/c16-12-7-10(17)4-5-13(12)21-9-11-8-15(20)19-6-2-1-3-14(19)18-11/h1-8H,9,17H2. The van der Waals surface area contributed by atoms with Crippen molar-refractivity contribution in [1.82, 2.24) is 9.38 Å². The molecule has 0 fully saturated rings. The minimum Gasteiger partial charge on any atom is -0.399 e. The molecule has 1 aromatic carbocycles. The smallest absolute Gasteiger partial charge is 0.258 e. The number of aromatic nitrogens is 2. The molecule has 2 aromatic heterocycles. The quantitative estimate of drug-likeness (QED) is 0.597. The molecule has 106 valence electrons. The molecule has 0 unspecified atom stereocenters. The Morgan fingerprint density at radius 3 is 2.90 bits per heavy atom. The van der Waals surface area contributed by atoms with Crippen molar-refractivity contribution in [2.75, 3.05) is 5.73 Å². The molecule has 0 aliphatic carbocycles. The first-order valence-corrected chi connectivity index (χ1v) is 7.27. The second kappa shape index (κ2) is 5.57. The number of fused-ring (bicyclic) bond motifs is 1. The van der Waals surface area contributed by atoms with Gasteiger partial charge in [-0.3, -0.25) is 9.20 Å². The zero-order valence-corrected chi connectivity index (χ0v) is 11.8. The molecule has 0 radical (unpaired) electrons. The van der Waals surface area contributed by atoms with Gasteiger partial charge in [0.1, 0.15) is 11.5 Å². The Morgan fingerprint density at radius 2 is 2.10 bits per heavy atom. The maximum absolute atomic E-state index is 13.7. The molecule has 0 saturated carbocycles. The molecule has 21 heavy (non-hydrogen) atoms. The molecular formula is C15H12FN3OS. The summed E-state index contributed by atoms with van der Waals surface area (Å²) in [5, 5.41) is 0. The van der Waals surface area contributed by atoms with Crippen LogP contribution in [0.15, 0.2) is 58.4 Å². The fraction of sp³-hybridized carbons (Fsp3) is 0.0667. The van der Waals surface area contributed by atoms with Gasteiger partial charge in [-0.25, -0.2) is 9.37 Å². The molecule has 0 spiro atoms. The van der Waals surface area contributed by atoms with Gasteiger partial charge < -0.3 is 5.73 Å². The third-order valence-electron chi connectivity index (χ3n) is 2.96. The van der Waals surface area contributed by atoms with E-state index in [0.717, 1.165) is 0 Å². The van der Waals surface area contributed by atoms with Gasteiger partial charge in [-0.05, 0) is 30.3 Å². The number of nitrogens with zero attached hydrogens (tertiary/aromatic N) is 2. The van der Waals surface area contributed by atoms with Crippen molar-refractivity contribution in [3.63, 3.8) is 0 Å². The Balaban J connectivity index is 1.87.